The first-order valence-electron chi connectivity index (χ1n) is 14.9. The molecule has 0 aromatic carbocycles. The Balaban J connectivity index is 2.39. The highest BCUT2D eigenvalue weighted by atomic mass is 16.6. The molecule has 1 fully saturated rings. The van der Waals surface area contributed by atoms with E-state index in [1.54, 1.807) is 0 Å². The maximum absolute atomic E-state index is 12.6. The molecule has 1 saturated heterocycles. The third-order valence-electron chi connectivity index (χ3n) is 7.86. The largest absolute Gasteiger partial charge is 0.481 e. The second-order valence-electron chi connectivity index (χ2n) is 11.3. The van der Waals surface area contributed by atoms with E-state index in [0.29, 0.717) is 32.7 Å². The average Bonchev–Trinajstić information content (AvgIpc) is 2.83. The summed E-state index contributed by atoms with van der Waals surface area (Å²) in [7, 11) is 0. The van der Waals surface area contributed by atoms with Gasteiger partial charge >= 0.3 is 5.97 Å². The Hall–Kier alpha value is -0.650. The topological polar surface area (TPSA) is 65.0 Å². The van der Waals surface area contributed by atoms with Gasteiger partial charge in [0.1, 0.15) is 0 Å². The Labute approximate surface area is 217 Å². The van der Waals surface area contributed by atoms with Gasteiger partial charge in [0.05, 0.1) is 43.5 Å². The number of rotatable bonds is 16. The molecule has 5 unspecified atom stereocenters. The monoisotopic (exact) mass is 498 g/mol. The zero-order valence-electron chi connectivity index (χ0n) is 23.8. The molecule has 0 aromatic heterocycles. The summed E-state index contributed by atoms with van der Waals surface area (Å²) in [5.74, 6) is -0.778. The van der Waals surface area contributed by atoms with E-state index in [0.717, 1.165) is 12.8 Å². The minimum atomic E-state index is -0.806. The smallest absolute Gasteiger partial charge is 0.310 e. The van der Waals surface area contributed by atoms with Gasteiger partial charge in [-0.3, -0.25) is 4.79 Å². The summed E-state index contributed by atoms with van der Waals surface area (Å²) in [6.07, 6.45) is 19.3. The van der Waals surface area contributed by atoms with E-state index in [1.807, 2.05) is 27.7 Å². The van der Waals surface area contributed by atoms with Crippen molar-refractivity contribution in [2.24, 2.45) is 11.3 Å². The molecule has 0 aliphatic carbocycles. The van der Waals surface area contributed by atoms with Gasteiger partial charge in [0, 0.05) is 0 Å². The molecule has 1 aliphatic heterocycles. The number of hydrogen-bond acceptors (Lipinski definition) is 4. The molecule has 0 bridgehead atoms. The Morgan fingerprint density at radius 2 is 1.06 bits per heavy atom. The Morgan fingerprint density at radius 3 is 1.51 bits per heavy atom. The molecule has 35 heavy (non-hydrogen) atoms. The van der Waals surface area contributed by atoms with Gasteiger partial charge in [0.25, 0.3) is 0 Å². The van der Waals surface area contributed by atoms with Crippen LogP contribution in [0.5, 0.6) is 0 Å². The van der Waals surface area contributed by atoms with Crippen LogP contribution in [-0.2, 0) is 19.0 Å². The van der Waals surface area contributed by atoms with Crippen molar-refractivity contribution in [3.8, 4) is 0 Å². The molecule has 1 rings (SSSR count). The molecule has 0 aromatic rings. The minimum Gasteiger partial charge on any atom is -0.481 e. The van der Waals surface area contributed by atoms with E-state index in [-0.39, 0.29) is 24.2 Å². The molecule has 1 N–H and O–H groups in total. The van der Waals surface area contributed by atoms with Crippen LogP contribution >= 0.6 is 0 Å². The summed E-state index contributed by atoms with van der Waals surface area (Å²) < 4.78 is 17.8. The number of ether oxygens (including phenoxy) is 3. The Bertz CT molecular complexity index is 525. The van der Waals surface area contributed by atoms with E-state index in [2.05, 4.69) is 6.92 Å². The predicted octanol–water partition coefficient (Wildman–Crippen LogP) is 8.18. The zero-order valence-corrected chi connectivity index (χ0v) is 23.8. The first kappa shape index (κ1) is 32.4. The van der Waals surface area contributed by atoms with Crippen molar-refractivity contribution >= 4 is 5.97 Å². The van der Waals surface area contributed by atoms with Crippen LogP contribution in [0, 0.1) is 11.3 Å². The molecule has 0 amide bonds. The van der Waals surface area contributed by atoms with E-state index in [9.17, 15) is 9.90 Å². The number of aliphatic carboxylic acids is 1. The highest BCUT2D eigenvalue weighted by molar-refractivity contribution is 5.75. The summed E-state index contributed by atoms with van der Waals surface area (Å²) in [5.41, 5.74) is -0.806. The van der Waals surface area contributed by atoms with Crippen LogP contribution in [0.4, 0.5) is 0 Å². The van der Waals surface area contributed by atoms with Crippen LogP contribution in [0.25, 0.3) is 0 Å². The third kappa shape index (κ3) is 14.0. The van der Waals surface area contributed by atoms with Crippen molar-refractivity contribution in [1.82, 2.24) is 0 Å². The highest BCUT2D eigenvalue weighted by Gasteiger charge is 2.44. The van der Waals surface area contributed by atoms with Gasteiger partial charge in [-0.25, -0.2) is 0 Å². The minimum absolute atomic E-state index is 0.0228. The van der Waals surface area contributed by atoms with Crippen molar-refractivity contribution in [1.29, 1.82) is 0 Å². The lowest BCUT2D eigenvalue weighted by Gasteiger charge is -2.38. The number of carboxylic acid groups (broad SMARTS) is 1. The second-order valence-corrected chi connectivity index (χ2v) is 11.3. The van der Waals surface area contributed by atoms with Crippen LogP contribution in [0.1, 0.15) is 137 Å². The molecule has 5 heteroatoms. The molecular formula is C30H58O5. The summed E-state index contributed by atoms with van der Waals surface area (Å²) in [6, 6.07) is 0. The quantitative estimate of drug-likeness (QED) is 0.217. The van der Waals surface area contributed by atoms with Crippen molar-refractivity contribution in [3.05, 3.63) is 0 Å². The van der Waals surface area contributed by atoms with Gasteiger partial charge in [-0.05, 0) is 39.5 Å². The molecular weight excluding hydrogens is 440 g/mol. The number of unbranched alkanes of at least 4 members (excludes halogenated alkanes) is 13. The predicted molar refractivity (Wildman–Crippen MR) is 145 cm³/mol. The van der Waals surface area contributed by atoms with Crippen LogP contribution < -0.4 is 0 Å². The standard InChI is InChI=1S/C30H58O5/c1-6-7-8-9-10-11-12-13-14-15-16-17-18-19-20-30(29(31)32)21-26(3)34-23-28(5)35-24-27(4)33-22-25(30)2/h25-28H,6-24H2,1-5H3,(H,31,32). The van der Waals surface area contributed by atoms with Crippen LogP contribution in [0.3, 0.4) is 0 Å². The molecule has 5 nitrogen and oxygen atoms in total. The SMILES string of the molecule is CCCCCCCCCCCCCCCCC1(C(=O)O)CC(C)OCC(C)OCC(C)OCC1C. The van der Waals surface area contributed by atoms with Crippen molar-refractivity contribution in [2.75, 3.05) is 19.8 Å². The lowest BCUT2D eigenvalue weighted by atomic mass is 9.69. The van der Waals surface area contributed by atoms with Crippen molar-refractivity contribution < 1.29 is 24.1 Å². The first-order chi connectivity index (χ1) is 16.8. The fourth-order valence-corrected chi connectivity index (χ4v) is 5.33. The molecule has 0 radical (unpaired) electrons. The van der Waals surface area contributed by atoms with Crippen LogP contribution in [-0.4, -0.2) is 49.2 Å². The van der Waals surface area contributed by atoms with Gasteiger partial charge in [-0.15, -0.1) is 0 Å². The molecule has 0 spiro atoms. The van der Waals surface area contributed by atoms with E-state index in [1.165, 1.54) is 77.0 Å². The first-order valence-corrected chi connectivity index (χ1v) is 14.9. The zero-order chi connectivity index (χ0) is 25.9. The van der Waals surface area contributed by atoms with Gasteiger partial charge in [0.2, 0.25) is 0 Å². The Morgan fingerprint density at radius 1 is 0.657 bits per heavy atom. The van der Waals surface area contributed by atoms with Crippen LogP contribution in [0.2, 0.25) is 0 Å². The fraction of sp³-hybridized carbons (Fsp3) is 0.967. The number of carbonyl (C=O) groups is 1. The Kier molecular flexibility index (Phi) is 18.0. The molecule has 0 saturated carbocycles. The number of hydrogen-bond donors (Lipinski definition) is 1. The summed E-state index contributed by atoms with van der Waals surface area (Å²) in [5, 5.41) is 10.4. The van der Waals surface area contributed by atoms with Gasteiger partial charge in [0.15, 0.2) is 0 Å². The average molecular weight is 499 g/mol. The van der Waals surface area contributed by atoms with E-state index < -0.39 is 11.4 Å². The molecule has 1 heterocycles. The summed E-state index contributed by atoms with van der Waals surface area (Å²) in [4.78, 5) is 12.6. The molecule has 5 atom stereocenters. The fourth-order valence-electron chi connectivity index (χ4n) is 5.33. The van der Waals surface area contributed by atoms with Gasteiger partial charge in [-0.1, -0.05) is 104 Å². The third-order valence-corrected chi connectivity index (χ3v) is 7.86. The van der Waals surface area contributed by atoms with Crippen molar-refractivity contribution in [2.45, 2.75) is 156 Å². The lowest BCUT2D eigenvalue weighted by Crippen LogP contribution is -2.43. The number of carboxylic acids is 1. The van der Waals surface area contributed by atoms with Gasteiger partial charge in [-0.2, -0.15) is 0 Å². The summed E-state index contributed by atoms with van der Waals surface area (Å²) in [6.45, 7) is 11.7. The maximum atomic E-state index is 12.6. The van der Waals surface area contributed by atoms with Crippen LogP contribution in [0.15, 0.2) is 0 Å². The van der Waals surface area contributed by atoms with Crippen molar-refractivity contribution in [3.63, 3.8) is 0 Å². The normalized spacial score (nSPS) is 28.8. The second kappa shape index (κ2) is 19.5. The maximum Gasteiger partial charge on any atom is 0.310 e. The highest BCUT2D eigenvalue weighted by Crippen LogP contribution is 2.40. The molecule has 1 aliphatic rings. The van der Waals surface area contributed by atoms with E-state index >= 15 is 0 Å². The lowest BCUT2D eigenvalue weighted by molar-refractivity contribution is -0.162. The molecule has 208 valence electrons. The summed E-state index contributed by atoms with van der Waals surface area (Å²) >= 11 is 0. The van der Waals surface area contributed by atoms with Gasteiger partial charge < -0.3 is 19.3 Å². The van der Waals surface area contributed by atoms with E-state index in [4.69, 9.17) is 14.2 Å².